The van der Waals surface area contributed by atoms with Crippen LogP contribution in [0.3, 0.4) is 0 Å². The fourth-order valence-electron chi connectivity index (χ4n) is 3.10. The highest BCUT2D eigenvalue weighted by atomic mass is 35.5. The van der Waals surface area contributed by atoms with Crippen molar-refractivity contribution in [3.05, 3.63) is 63.1 Å². The summed E-state index contributed by atoms with van der Waals surface area (Å²) < 4.78 is 26.0. The third kappa shape index (κ3) is 7.50. The van der Waals surface area contributed by atoms with Crippen LogP contribution >= 0.6 is 34.8 Å². The molecule has 1 unspecified atom stereocenters. The molecule has 180 valence electrons. The molecule has 33 heavy (non-hydrogen) atoms. The Bertz CT molecular complexity index is 1130. The molecule has 0 spiro atoms. The molecule has 0 aliphatic rings. The van der Waals surface area contributed by atoms with Crippen LogP contribution in [0.1, 0.15) is 26.3 Å². The monoisotopic (exact) mass is 533 g/mol. The fourth-order valence-corrected chi connectivity index (χ4v) is 4.61. The molecule has 0 aliphatic heterocycles. The Morgan fingerprint density at radius 1 is 1.03 bits per heavy atom. The first-order valence-electron chi connectivity index (χ1n) is 10.1. The third-order valence-electron chi connectivity index (χ3n) is 4.72. The van der Waals surface area contributed by atoms with Gasteiger partial charge in [0.15, 0.2) is 0 Å². The number of nitrogens with one attached hydrogen (secondary N) is 1. The van der Waals surface area contributed by atoms with E-state index in [4.69, 9.17) is 34.8 Å². The first-order chi connectivity index (χ1) is 15.3. The summed E-state index contributed by atoms with van der Waals surface area (Å²) in [6.45, 7) is 4.67. The van der Waals surface area contributed by atoms with Crippen LogP contribution in [0.5, 0.6) is 0 Å². The maximum absolute atomic E-state index is 13.4. The second-order valence-corrected chi connectivity index (χ2v) is 11.0. The maximum Gasteiger partial charge on any atom is 0.244 e. The van der Waals surface area contributed by atoms with Gasteiger partial charge in [-0.25, -0.2) is 8.42 Å². The lowest BCUT2D eigenvalue weighted by Gasteiger charge is -2.32. The molecular weight excluding hydrogens is 509 g/mol. The van der Waals surface area contributed by atoms with Gasteiger partial charge in [0.1, 0.15) is 12.6 Å². The van der Waals surface area contributed by atoms with Gasteiger partial charge in [-0.15, -0.1) is 0 Å². The lowest BCUT2D eigenvalue weighted by Crippen LogP contribution is -2.52. The molecule has 0 radical (unpaired) electrons. The molecule has 11 heteroatoms. The molecule has 7 nitrogen and oxygen atoms in total. The van der Waals surface area contributed by atoms with Crippen molar-refractivity contribution in [1.82, 2.24) is 10.2 Å². The molecule has 0 aromatic heterocycles. The van der Waals surface area contributed by atoms with E-state index in [2.05, 4.69) is 5.32 Å². The number of amides is 2. The largest absolute Gasteiger partial charge is 0.352 e. The molecule has 2 aromatic rings. The molecule has 2 amide bonds. The summed E-state index contributed by atoms with van der Waals surface area (Å²) in [6.07, 6.45) is 0.966. The number of hydrogen-bond acceptors (Lipinski definition) is 4. The second kappa shape index (κ2) is 11.4. The van der Waals surface area contributed by atoms with Crippen LogP contribution in [0.4, 0.5) is 5.69 Å². The van der Waals surface area contributed by atoms with Crippen molar-refractivity contribution in [2.75, 3.05) is 17.1 Å². The van der Waals surface area contributed by atoms with Crippen LogP contribution in [0.2, 0.25) is 15.1 Å². The van der Waals surface area contributed by atoms with E-state index in [9.17, 15) is 18.0 Å². The van der Waals surface area contributed by atoms with E-state index in [0.29, 0.717) is 10.6 Å². The maximum atomic E-state index is 13.4. The molecule has 0 heterocycles. The van der Waals surface area contributed by atoms with Crippen molar-refractivity contribution in [2.24, 2.45) is 0 Å². The summed E-state index contributed by atoms with van der Waals surface area (Å²) in [5.74, 6) is -0.963. The number of halogens is 3. The number of carbonyl (C=O) groups is 2. The average Bonchev–Trinajstić information content (AvgIpc) is 2.70. The van der Waals surface area contributed by atoms with Gasteiger partial charge >= 0.3 is 0 Å². The van der Waals surface area contributed by atoms with Crippen molar-refractivity contribution < 1.29 is 18.0 Å². The van der Waals surface area contributed by atoms with E-state index in [-0.39, 0.29) is 34.2 Å². The van der Waals surface area contributed by atoms with Gasteiger partial charge in [-0.05, 0) is 50.6 Å². The highest BCUT2D eigenvalue weighted by Crippen LogP contribution is 2.33. The van der Waals surface area contributed by atoms with E-state index in [1.165, 1.54) is 23.1 Å². The van der Waals surface area contributed by atoms with E-state index in [0.717, 1.165) is 10.6 Å². The number of sulfonamides is 1. The summed E-state index contributed by atoms with van der Waals surface area (Å²) in [5, 5.41) is 3.41. The fraction of sp³-hybridized carbons (Fsp3) is 0.364. The highest BCUT2D eigenvalue weighted by Gasteiger charge is 2.31. The van der Waals surface area contributed by atoms with Crippen molar-refractivity contribution >= 4 is 62.3 Å². The molecule has 0 saturated carbocycles. The van der Waals surface area contributed by atoms with Crippen LogP contribution in [0.15, 0.2) is 42.5 Å². The molecule has 0 aliphatic carbocycles. The topological polar surface area (TPSA) is 86.8 Å². The van der Waals surface area contributed by atoms with Crippen LogP contribution in [-0.4, -0.2) is 50.0 Å². The lowest BCUT2D eigenvalue weighted by molar-refractivity contribution is -0.139. The Hall–Kier alpha value is -2.00. The van der Waals surface area contributed by atoms with Gasteiger partial charge in [-0.1, -0.05) is 53.0 Å². The first kappa shape index (κ1) is 27.2. The van der Waals surface area contributed by atoms with Crippen molar-refractivity contribution in [1.29, 1.82) is 0 Å². The molecule has 2 aromatic carbocycles. The minimum Gasteiger partial charge on any atom is -0.352 e. The van der Waals surface area contributed by atoms with Crippen molar-refractivity contribution in [3.63, 3.8) is 0 Å². The van der Waals surface area contributed by atoms with Gasteiger partial charge in [0, 0.05) is 17.6 Å². The zero-order chi connectivity index (χ0) is 24.9. The smallest absolute Gasteiger partial charge is 0.244 e. The Kier molecular flexibility index (Phi) is 9.43. The molecule has 1 N–H and O–H groups in total. The number of nitrogens with zero attached hydrogens (tertiary/aromatic N) is 2. The minimum atomic E-state index is -3.91. The van der Waals surface area contributed by atoms with E-state index < -0.39 is 28.5 Å². The van der Waals surface area contributed by atoms with E-state index >= 15 is 0 Å². The van der Waals surface area contributed by atoms with Gasteiger partial charge in [0.25, 0.3) is 0 Å². The van der Waals surface area contributed by atoms with Crippen molar-refractivity contribution in [2.45, 2.75) is 39.4 Å². The van der Waals surface area contributed by atoms with Crippen molar-refractivity contribution in [3.8, 4) is 0 Å². The molecular formula is C22H26Cl3N3O4S. The quantitative estimate of drug-likeness (QED) is 0.518. The number of hydrogen-bond donors (Lipinski definition) is 1. The number of anilines is 1. The third-order valence-corrected chi connectivity index (χ3v) is 6.89. The zero-order valence-electron chi connectivity index (χ0n) is 18.7. The molecule has 2 rings (SSSR count). The van der Waals surface area contributed by atoms with E-state index in [1.54, 1.807) is 45.0 Å². The van der Waals surface area contributed by atoms with Crippen LogP contribution in [0.25, 0.3) is 0 Å². The zero-order valence-corrected chi connectivity index (χ0v) is 21.8. The van der Waals surface area contributed by atoms with Gasteiger partial charge < -0.3 is 10.2 Å². The average molecular weight is 535 g/mol. The Labute approximate surface area is 209 Å². The summed E-state index contributed by atoms with van der Waals surface area (Å²) in [7, 11) is -3.91. The minimum absolute atomic E-state index is 0.00406. The van der Waals surface area contributed by atoms with Gasteiger partial charge in [0.2, 0.25) is 21.8 Å². The highest BCUT2D eigenvalue weighted by molar-refractivity contribution is 7.92. The van der Waals surface area contributed by atoms with Crippen LogP contribution < -0.4 is 9.62 Å². The first-order valence-corrected chi connectivity index (χ1v) is 13.1. The number of carbonyl (C=O) groups excluding carboxylic acids is 2. The second-order valence-electron chi connectivity index (χ2n) is 7.83. The number of benzene rings is 2. The number of rotatable bonds is 9. The van der Waals surface area contributed by atoms with Gasteiger partial charge in [-0.2, -0.15) is 0 Å². The predicted octanol–water partition coefficient (Wildman–Crippen LogP) is 4.35. The Morgan fingerprint density at radius 3 is 2.24 bits per heavy atom. The summed E-state index contributed by atoms with van der Waals surface area (Å²) >= 11 is 18.4. The summed E-state index contributed by atoms with van der Waals surface area (Å²) in [4.78, 5) is 27.4. The molecule has 0 saturated heterocycles. The normalized spacial score (nSPS) is 12.4. The molecule has 1 atom stereocenters. The van der Waals surface area contributed by atoms with Gasteiger partial charge in [0.05, 0.1) is 22.0 Å². The lowest BCUT2D eigenvalue weighted by atomic mass is 10.1. The van der Waals surface area contributed by atoms with Crippen LogP contribution in [0, 0.1) is 0 Å². The molecule has 0 bridgehead atoms. The summed E-state index contributed by atoms with van der Waals surface area (Å²) in [6, 6.07) is 10.4. The Balaban J connectivity index is 2.44. The predicted molar refractivity (Wildman–Crippen MR) is 133 cm³/mol. The molecule has 0 fully saturated rings. The van der Waals surface area contributed by atoms with Crippen LogP contribution in [-0.2, 0) is 26.2 Å². The summed E-state index contributed by atoms with van der Waals surface area (Å²) in [5.41, 5.74) is 0.758. The van der Waals surface area contributed by atoms with Gasteiger partial charge in [-0.3, -0.25) is 13.9 Å². The van der Waals surface area contributed by atoms with E-state index in [1.807, 2.05) is 0 Å². The Morgan fingerprint density at radius 2 is 1.67 bits per heavy atom. The standard InChI is InChI=1S/C22H26Cl3N3O4S/c1-14(2)26-22(30)15(3)27(12-16-7-5-8-17(23)11-16)20(29)13-28(33(4,31)32)19-10-6-9-18(24)21(19)25/h5-11,14-15H,12-13H2,1-4H3,(H,26,30). The SMILES string of the molecule is CC(C)NC(=O)C(C)N(Cc1cccc(Cl)c1)C(=O)CN(c1cccc(Cl)c1Cl)S(C)(=O)=O.